The normalized spacial score (nSPS) is 11.3. The minimum absolute atomic E-state index is 0.772. The third-order valence-corrected chi connectivity index (χ3v) is 5.22. The molecular weight excluding hydrogens is 320 g/mol. The molecule has 1 aromatic heterocycles. The molecule has 4 rings (SSSR count). The lowest BCUT2D eigenvalue weighted by atomic mass is 10.0. The van der Waals surface area contributed by atoms with E-state index in [2.05, 4.69) is 78.7 Å². The van der Waals surface area contributed by atoms with Gasteiger partial charge in [0, 0.05) is 35.2 Å². The van der Waals surface area contributed by atoms with Crippen LogP contribution in [0.3, 0.4) is 0 Å². The van der Waals surface area contributed by atoms with Crippen LogP contribution in [0.2, 0.25) is 0 Å². The number of benzene rings is 3. The first-order valence-corrected chi connectivity index (χ1v) is 9.00. The van der Waals surface area contributed by atoms with Crippen molar-refractivity contribution < 1.29 is 4.74 Å². The van der Waals surface area contributed by atoms with Crippen molar-refractivity contribution in [3.05, 3.63) is 77.0 Å². The lowest BCUT2D eigenvalue weighted by Gasteiger charge is -2.13. The van der Waals surface area contributed by atoms with Gasteiger partial charge in [0.2, 0.25) is 0 Å². The van der Waals surface area contributed by atoms with Gasteiger partial charge < -0.3 is 15.0 Å². The Morgan fingerprint density at radius 3 is 2.62 bits per heavy atom. The zero-order chi connectivity index (χ0) is 18.1. The molecule has 3 aromatic carbocycles. The Morgan fingerprint density at radius 1 is 0.923 bits per heavy atom. The van der Waals surface area contributed by atoms with Gasteiger partial charge in [-0.3, -0.25) is 0 Å². The Bertz CT molecular complexity index is 1080. The molecule has 1 heterocycles. The van der Waals surface area contributed by atoms with E-state index in [1.807, 2.05) is 0 Å². The third kappa shape index (κ3) is 2.95. The van der Waals surface area contributed by atoms with E-state index in [1.165, 1.54) is 44.1 Å². The molecule has 0 atom stereocenters. The molecule has 3 nitrogen and oxygen atoms in total. The molecule has 26 heavy (non-hydrogen) atoms. The van der Waals surface area contributed by atoms with Crippen LogP contribution >= 0.6 is 0 Å². The quantitative estimate of drug-likeness (QED) is 0.520. The average Bonchev–Trinajstić information content (AvgIpc) is 2.95. The first kappa shape index (κ1) is 16.7. The summed E-state index contributed by atoms with van der Waals surface area (Å²) in [4.78, 5) is 3.43. The van der Waals surface area contributed by atoms with Gasteiger partial charge in [0.25, 0.3) is 0 Å². The van der Waals surface area contributed by atoms with Crippen molar-refractivity contribution in [2.24, 2.45) is 0 Å². The van der Waals surface area contributed by atoms with Gasteiger partial charge in [-0.1, -0.05) is 36.4 Å². The highest BCUT2D eigenvalue weighted by molar-refractivity contribution is 5.88. The van der Waals surface area contributed by atoms with Gasteiger partial charge in [-0.05, 0) is 53.9 Å². The zero-order valence-electron chi connectivity index (χ0n) is 15.5. The Morgan fingerprint density at radius 2 is 1.77 bits per heavy atom. The molecule has 0 fully saturated rings. The SMILES string of the molecule is COc1ccc2ccccc2c1CNCc1ccc2[nH]c(C)c(C)c2c1. The van der Waals surface area contributed by atoms with Crippen LogP contribution in [0, 0.1) is 13.8 Å². The number of hydrogen-bond acceptors (Lipinski definition) is 2. The average molecular weight is 344 g/mol. The number of rotatable bonds is 5. The largest absolute Gasteiger partial charge is 0.496 e. The molecule has 0 unspecified atom stereocenters. The second-order valence-corrected chi connectivity index (χ2v) is 6.83. The topological polar surface area (TPSA) is 37.0 Å². The molecule has 0 saturated carbocycles. The van der Waals surface area contributed by atoms with Crippen molar-refractivity contribution >= 4 is 21.7 Å². The summed E-state index contributed by atoms with van der Waals surface area (Å²) in [5.41, 5.74) is 6.28. The Kier molecular flexibility index (Phi) is 4.39. The molecule has 132 valence electrons. The first-order valence-electron chi connectivity index (χ1n) is 9.00. The first-order chi connectivity index (χ1) is 12.7. The predicted molar refractivity (Wildman–Crippen MR) is 109 cm³/mol. The number of H-pyrrole nitrogens is 1. The minimum atomic E-state index is 0.772. The molecule has 0 radical (unpaired) electrons. The van der Waals surface area contributed by atoms with Gasteiger partial charge in [-0.25, -0.2) is 0 Å². The standard InChI is InChI=1S/C23H24N2O/c1-15-16(2)25-22-10-8-17(12-20(15)22)13-24-14-21-19-7-5-4-6-18(19)9-11-23(21)26-3/h4-12,24-25H,13-14H2,1-3H3. The lowest BCUT2D eigenvalue weighted by Crippen LogP contribution is -2.13. The van der Waals surface area contributed by atoms with Crippen molar-refractivity contribution in [3.63, 3.8) is 0 Å². The van der Waals surface area contributed by atoms with Crippen LogP contribution in [0.1, 0.15) is 22.4 Å². The summed E-state index contributed by atoms with van der Waals surface area (Å²) in [5, 5.41) is 7.38. The number of aromatic amines is 1. The second kappa shape index (κ2) is 6.85. The Balaban J connectivity index is 1.56. The molecule has 2 N–H and O–H groups in total. The molecule has 3 heteroatoms. The van der Waals surface area contributed by atoms with E-state index in [4.69, 9.17) is 4.74 Å². The van der Waals surface area contributed by atoms with Gasteiger partial charge in [0.1, 0.15) is 5.75 Å². The van der Waals surface area contributed by atoms with Gasteiger partial charge >= 0.3 is 0 Å². The van der Waals surface area contributed by atoms with Crippen LogP contribution in [0.5, 0.6) is 5.75 Å². The highest BCUT2D eigenvalue weighted by Gasteiger charge is 2.09. The molecule has 0 bridgehead atoms. The van der Waals surface area contributed by atoms with E-state index >= 15 is 0 Å². The summed E-state index contributed by atoms with van der Waals surface area (Å²) in [7, 11) is 1.73. The fourth-order valence-corrected chi connectivity index (χ4v) is 3.64. The molecular formula is C23H24N2O. The number of ether oxygens (including phenoxy) is 1. The summed E-state index contributed by atoms with van der Waals surface area (Å²) >= 11 is 0. The summed E-state index contributed by atoms with van der Waals surface area (Å²) in [5.74, 6) is 0.934. The zero-order valence-corrected chi connectivity index (χ0v) is 15.5. The number of hydrogen-bond donors (Lipinski definition) is 2. The van der Waals surface area contributed by atoms with E-state index in [1.54, 1.807) is 7.11 Å². The Labute approximate surface area is 154 Å². The van der Waals surface area contributed by atoms with Crippen molar-refractivity contribution in [1.82, 2.24) is 10.3 Å². The Hall–Kier alpha value is -2.78. The van der Waals surface area contributed by atoms with Crippen molar-refractivity contribution in [1.29, 1.82) is 0 Å². The van der Waals surface area contributed by atoms with Crippen LogP contribution in [0.15, 0.2) is 54.6 Å². The minimum Gasteiger partial charge on any atom is -0.496 e. The van der Waals surface area contributed by atoms with Gasteiger partial charge in [-0.2, -0.15) is 0 Å². The number of fused-ring (bicyclic) bond motifs is 2. The molecule has 0 saturated heterocycles. The highest BCUT2D eigenvalue weighted by atomic mass is 16.5. The highest BCUT2D eigenvalue weighted by Crippen LogP contribution is 2.28. The molecule has 4 aromatic rings. The van der Waals surface area contributed by atoms with Gasteiger partial charge in [0.05, 0.1) is 7.11 Å². The van der Waals surface area contributed by atoms with Crippen molar-refractivity contribution in [2.75, 3.05) is 7.11 Å². The third-order valence-electron chi connectivity index (χ3n) is 5.22. The number of nitrogens with one attached hydrogen (secondary N) is 2. The maximum atomic E-state index is 5.59. The van der Waals surface area contributed by atoms with E-state index < -0.39 is 0 Å². The fourth-order valence-electron chi connectivity index (χ4n) is 3.64. The number of methoxy groups -OCH3 is 1. The molecule has 0 aliphatic carbocycles. The summed E-state index contributed by atoms with van der Waals surface area (Å²) in [6.07, 6.45) is 0. The maximum absolute atomic E-state index is 5.59. The van der Waals surface area contributed by atoms with E-state index in [0.29, 0.717) is 0 Å². The summed E-state index contributed by atoms with van der Waals surface area (Å²) in [6, 6.07) is 19.3. The molecule has 0 aliphatic heterocycles. The second-order valence-electron chi connectivity index (χ2n) is 6.83. The van der Waals surface area contributed by atoms with Crippen molar-refractivity contribution in [2.45, 2.75) is 26.9 Å². The van der Waals surface area contributed by atoms with E-state index in [-0.39, 0.29) is 0 Å². The molecule has 0 spiro atoms. The van der Waals surface area contributed by atoms with Gasteiger partial charge in [-0.15, -0.1) is 0 Å². The fraction of sp³-hybridized carbons (Fsp3) is 0.217. The van der Waals surface area contributed by atoms with Crippen LogP contribution < -0.4 is 10.1 Å². The van der Waals surface area contributed by atoms with Crippen LogP contribution in [-0.4, -0.2) is 12.1 Å². The smallest absolute Gasteiger partial charge is 0.123 e. The number of aryl methyl sites for hydroxylation is 2. The molecule has 0 aliphatic rings. The van der Waals surface area contributed by atoms with E-state index in [0.717, 1.165) is 18.8 Å². The van der Waals surface area contributed by atoms with Gasteiger partial charge in [0.15, 0.2) is 0 Å². The van der Waals surface area contributed by atoms with Crippen LogP contribution in [-0.2, 0) is 13.1 Å². The summed E-state index contributed by atoms with van der Waals surface area (Å²) in [6.45, 7) is 5.89. The van der Waals surface area contributed by atoms with Crippen molar-refractivity contribution in [3.8, 4) is 5.75 Å². The van der Waals surface area contributed by atoms with Crippen LogP contribution in [0.25, 0.3) is 21.7 Å². The number of aromatic nitrogens is 1. The lowest BCUT2D eigenvalue weighted by molar-refractivity contribution is 0.408. The summed E-state index contributed by atoms with van der Waals surface area (Å²) < 4.78 is 5.59. The molecule has 0 amide bonds. The predicted octanol–water partition coefficient (Wildman–Crippen LogP) is 5.24. The van der Waals surface area contributed by atoms with E-state index in [9.17, 15) is 0 Å². The monoisotopic (exact) mass is 344 g/mol. The van der Waals surface area contributed by atoms with Crippen LogP contribution in [0.4, 0.5) is 0 Å². The maximum Gasteiger partial charge on any atom is 0.123 e.